The Balaban J connectivity index is 0. The normalized spacial score (nSPS) is 0. The third-order valence-electron chi connectivity index (χ3n) is 0. The minimum Gasteiger partial charge on any atom is 0 e. The summed E-state index contributed by atoms with van der Waals surface area (Å²) in [7, 11) is 0. The largest absolute Gasteiger partial charge is 0 e. The summed E-state index contributed by atoms with van der Waals surface area (Å²) in [6.07, 6.45) is 0. The summed E-state index contributed by atoms with van der Waals surface area (Å²) in [6, 6.07) is 0. The summed E-state index contributed by atoms with van der Waals surface area (Å²) in [5.74, 6) is 0. The molecular weight excluding hydrogens is 172 g/mol. The molecular formula is Na3Rh. The van der Waals surface area contributed by atoms with Crippen molar-refractivity contribution in [3.63, 3.8) is 0 Å². The Hall–Kier alpha value is 3.62. The molecule has 4 radical (unpaired) electrons. The maximum atomic E-state index is 0. The Bertz CT molecular complexity index is 3.25. The number of rotatable bonds is 0. The third kappa shape index (κ3) is 9.16. The Morgan fingerprint density at radius 3 is 0.500 bits per heavy atom. The molecule has 0 amide bonds. The molecule has 4 heteroatoms. The Morgan fingerprint density at radius 2 is 0.500 bits per heavy atom. The molecule has 4 heavy (non-hydrogen) atoms. The molecule has 0 aliphatic rings. The molecule has 0 unspecified atom stereocenters. The average Bonchev–Trinajstić information content (AvgIpc) is 0. The maximum absolute atomic E-state index is 0. The van der Waals surface area contributed by atoms with E-state index in [1.165, 1.54) is 0 Å². The fourth-order valence-corrected chi connectivity index (χ4v) is 0. The topological polar surface area (TPSA) is 0 Å². The number of hydrogen-bond donors (Lipinski definition) is 0. The van der Waals surface area contributed by atoms with Gasteiger partial charge < -0.3 is 0 Å². The van der Waals surface area contributed by atoms with Gasteiger partial charge in [-0.25, -0.2) is 0 Å². The summed E-state index contributed by atoms with van der Waals surface area (Å²) < 4.78 is 0. The second kappa shape index (κ2) is 16.0. The standard InChI is InChI=1S/3Na.Rh. The second-order valence-corrected chi connectivity index (χ2v) is 0. The van der Waals surface area contributed by atoms with Crippen molar-refractivity contribution in [3.05, 3.63) is 0 Å². The van der Waals surface area contributed by atoms with Crippen LogP contribution >= 0.6 is 0 Å². The van der Waals surface area contributed by atoms with Crippen LogP contribution in [0.1, 0.15) is 0 Å². The molecule has 0 spiro atoms. The predicted molar refractivity (Wildman–Crippen MR) is 17.3 cm³/mol. The van der Waals surface area contributed by atoms with Crippen molar-refractivity contribution in [2.45, 2.75) is 0 Å². The van der Waals surface area contributed by atoms with Gasteiger partial charge in [0, 0.05) is 108 Å². The van der Waals surface area contributed by atoms with E-state index in [-0.39, 0.29) is 108 Å². The SMILES string of the molecule is [Na].[Na].[Na].[Rh]. The van der Waals surface area contributed by atoms with E-state index >= 15 is 0 Å². The fourth-order valence-electron chi connectivity index (χ4n) is 0. The van der Waals surface area contributed by atoms with Crippen LogP contribution in [-0.4, -0.2) is 88.7 Å². The van der Waals surface area contributed by atoms with E-state index < -0.39 is 0 Å². The molecule has 0 aliphatic heterocycles. The third-order valence-corrected chi connectivity index (χ3v) is 0. The van der Waals surface area contributed by atoms with Gasteiger partial charge in [0.15, 0.2) is 0 Å². The monoisotopic (exact) mass is 172 g/mol. The average molecular weight is 172 g/mol. The molecule has 0 fully saturated rings. The first-order valence-corrected chi connectivity index (χ1v) is 0. The van der Waals surface area contributed by atoms with Crippen LogP contribution in [0.4, 0.5) is 0 Å². The van der Waals surface area contributed by atoms with Crippen LogP contribution in [0.2, 0.25) is 0 Å². The van der Waals surface area contributed by atoms with Crippen LogP contribution in [0, 0.1) is 0 Å². The first-order chi connectivity index (χ1) is 0. The van der Waals surface area contributed by atoms with E-state index in [2.05, 4.69) is 0 Å². The molecule has 0 aromatic carbocycles. The van der Waals surface area contributed by atoms with Gasteiger partial charge in [0.2, 0.25) is 0 Å². The molecule has 0 nitrogen and oxygen atoms in total. The summed E-state index contributed by atoms with van der Waals surface area (Å²) in [5.41, 5.74) is 0. The first-order valence-electron chi connectivity index (χ1n) is 0. The van der Waals surface area contributed by atoms with Gasteiger partial charge in [0.25, 0.3) is 0 Å². The van der Waals surface area contributed by atoms with Crippen molar-refractivity contribution >= 4 is 88.7 Å². The van der Waals surface area contributed by atoms with Gasteiger partial charge in [-0.05, 0) is 0 Å². The summed E-state index contributed by atoms with van der Waals surface area (Å²) >= 11 is 0. The van der Waals surface area contributed by atoms with Gasteiger partial charge in [-0.3, -0.25) is 0 Å². The van der Waals surface area contributed by atoms with Crippen molar-refractivity contribution in [2.75, 3.05) is 0 Å². The van der Waals surface area contributed by atoms with Gasteiger partial charge >= 0.3 is 0 Å². The van der Waals surface area contributed by atoms with Crippen molar-refractivity contribution in [1.82, 2.24) is 0 Å². The van der Waals surface area contributed by atoms with E-state index in [0.29, 0.717) is 0 Å². The summed E-state index contributed by atoms with van der Waals surface area (Å²) in [4.78, 5) is 0. The molecule has 0 atom stereocenters. The molecule has 0 N–H and O–H groups in total. The van der Waals surface area contributed by atoms with Crippen LogP contribution in [0.15, 0.2) is 0 Å². The van der Waals surface area contributed by atoms with Gasteiger partial charge in [0.05, 0.1) is 0 Å². The van der Waals surface area contributed by atoms with Gasteiger partial charge in [-0.1, -0.05) is 0 Å². The number of hydrogen-bond acceptors (Lipinski definition) is 0. The molecule has 0 aromatic heterocycles. The van der Waals surface area contributed by atoms with E-state index in [1.54, 1.807) is 0 Å². The smallest absolute Gasteiger partial charge is 0 e. The van der Waals surface area contributed by atoms with E-state index in [4.69, 9.17) is 0 Å². The van der Waals surface area contributed by atoms with E-state index in [1.807, 2.05) is 0 Å². The zero-order chi connectivity index (χ0) is 0. The first kappa shape index (κ1) is 25.5. The minimum absolute atomic E-state index is 0. The van der Waals surface area contributed by atoms with Crippen molar-refractivity contribution in [2.24, 2.45) is 0 Å². The zero-order valence-electron chi connectivity index (χ0n) is 3.33. The molecule has 0 saturated heterocycles. The second-order valence-electron chi connectivity index (χ2n) is 0. The van der Waals surface area contributed by atoms with Crippen molar-refractivity contribution < 1.29 is 19.5 Å². The quantitative estimate of drug-likeness (QED) is 0.405. The molecule has 0 aliphatic carbocycles. The molecule has 0 aromatic rings. The van der Waals surface area contributed by atoms with Gasteiger partial charge in [-0.2, -0.15) is 0 Å². The molecule has 0 saturated carbocycles. The minimum atomic E-state index is 0. The van der Waals surface area contributed by atoms with E-state index in [9.17, 15) is 0 Å². The predicted octanol–water partition coefficient (Wildman–Crippen LogP) is -1.14. The Kier molecular flexibility index (Phi) is 102. The van der Waals surface area contributed by atoms with Crippen molar-refractivity contribution in [3.8, 4) is 0 Å². The maximum Gasteiger partial charge on any atom is 0 e. The Morgan fingerprint density at radius 1 is 0.500 bits per heavy atom. The Labute approximate surface area is 105 Å². The van der Waals surface area contributed by atoms with E-state index in [0.717, 1.165) is 0 Å². The van der Waals surface area contributed by atoms with Crippen LogP contribution in [0.5, 0.6) is 0 Å². The van der Waals surface area contributed by atoms with Crippen LogP contribution < -0.4 is 0 Å². The summed E-state index contributed by atoms with van der Waals surface area (Å²) in [6.45, 7) is 0. The zero-order valence-corrected chi connectivity index (χ0v) is 11.0. The summed E-state index contributed by atoms with van der Waals surface area (Å²) in [5, 5.41) is 0. The van der Waals surface area contributed by atoms with Crippen LogP contribution in [0.25, 0.3) is 0 Å². The molecule has 0 rings (SSSR count). The molecule has 12 valence electrons. The van der Waals surface area contributed by atoms with Crippen molar-refractivity contribution in [1.29, 1.82) is 0 Å². The van der Waals surface area contributed by atoms with Crippen LogP contribution in [0.3, 0.4) is 0 Å². The fraction of sp³-hybridized carbons (Fsp3) is 0. The van der Waals surface area contributed by atoms with Gasteiger partial charge in [-0.15, -0.1) is 0 Å². The molecule has 0 bridgehead atoms. The van der Waals surface area contributed by atoms with Crippen LogP contribution in [-0.2, 0) is 19.5 Å². The molecule has 0 heterocycles. The van der Waals surface area contributed by atoms with Gasteiger partial charge in [0.1, 0.15) is 0 Å².